The van der Waals surface area contributed by atoms with E-state index in [2.05, 4.69) is 95.0 Å². The molecule has 0 spiro atoms. The van der Waals surface area contributed by atoms with Gasteiger partial charge in [0.05, 0.1) is 6.04 Å². The number of benzene rings is 2. The highest BCUT2D eigenvalue weighted by atomic mass is 15.2. The SMILES string of the molecule is CN=C(NCCc1ccc(N(C)C)cc1)NC(C)c1cccc(N2CCCC2)c1. The summed E-state index contributed by atoms with van der Waals surface area (Å²) in [5.74, 6) is 0.842. The van der Waals surface area contributed by atoms with Crippen LogP contribution in [0.1, 0.15) is 36.9 Å². The van der Waals surface area contributed by atoms with Crippen molar-refractivity contribution in [3.05, 3.63) is 59.7 Å². The van der Waals surface area contributed by atoms with E-state index in [4.69, 9.17) is 0 Å². The molecular formula is C24H35N5. The Hall–Kier alpha value is -2.69. The lowest BCUT2D eigenvalue weighted by molar-refractivity contribution is 0.684. The molecule has 3 rings (SSSR count). The molecule has 1 saturated heterocycles. The highest BCUT2D eigenvalue weighted by molar-refractivity contribution is 5.80. The molecule has 2 N–H and O–H groups in total. The second kappa shape index (κ2) is 10.2. The molecule has 0 amide bonds. The molecule has 156 valence electrons. The fourth-order valence-electron chi connectivity index (χ4n) is 3.74. The van der Waals surface area contributed by atoms with Gasteiger partial charge in [-0.1, -0.05) is 24.3 Å². The third-order valence-electron chi connectivity index (χ3n) is 5.58. The molecule has 5 nitrogen and oxygen atoms in total. The van der Waals surface area contributed by atoms with Crippen molar-refractivity contribution in [3.63, 3.8) is 0 Å². The zero-order valence-corrected chi connectivity index (χ0v) is 18.3. The van der Waals surface area contributed by atoms with Crippen LogP contribution in [0.2, 0.25) is 0 Å². The summed E-state index contributed by atoms with van der Waals surface area (Å²) in [5.41, 5.74) is 5.17. The molecule has 1 aliphatic rings. The third kappa shape index (κ3) is 5.89. The van der Waals surface area contributed by atoms with Gasteiger partial charge in [0.15, 0.2) is 5.96 Å². The van der Waals surface area contributed by atoms with Gasteiger partial charge >= 0.3 is 0 Å². The fraction of sp³-hybridized carbons (Fsp3) is 0.458. The fourth-order valence-corrected chi connectivity index (χ4v) is 3.74. The number of aliphatic imine (C=N–C) groups is 1. The molecule has 1 fully saturated rings. The lowest BCUT2D eigenvalue weighted by atomic mass is 10.1. The van der Waals surface area contributed by atoms with E-state index < -0.39 is 0 Å². The second-order valence-corrected chi connectivity index (χ2v) is 7.97. The topological polar surface area (TPSA) is 42.9 Å². The maximum Gasteiger partial charge on any atom is 0.191 e. The summed E-state index contributed by atoms with van der Waals surface area (Å²) in [7, 11) is 5.96. The van der Waals surface area contributed by atoms with Crippen LogP contribution >= 0.6 is 0 Å². The second-order valence-electron chi connectivity index (χ2n) is 7.97. The van der Waals surface area contributed by atoms with Gasteiger partial charge < -0.3 is 20.4 Å². The number of anilines is 2. The molecule has 1 atom stereocenters. The molecule has 5 heteroatoms. The van der Waals surface area contributed by atoms with Crippen molar-refractivity contribution in [2.45, 2.75) is 32.2 Å². The summed E-state index contributed by atoms with van der Waals surface area (Å²) < 4.78 is 0. The van der Waals surface area contributed by atoms with Crippen molar-refractivity contribution < 1.29 is 0 Å². The molecule has 1 heterocycles. The number of nitrogens with zero attached hydrogens (tertiary/aromatic N) is 3. The third-order valence-corrected chi connectivity index (χ3v) is 5.58. The summed E-state index contributed by atoms with van der Waals surface area (Å²) in [6.45, 7) is 5.38. The number of hydrogen-bond acceptors (Lipinski definition) is 3. The summed E-state index contributed by atoms with van der Waals surface area (Å²) in [4.78, 5) is 9.00. The van der Waals surface area contributed by atoms with Crippen LogP contribution in [0.25, 0.3) is 0 Å². The summed E-state index contributed by atoms with van der Waals surface area (Å²) in [5, 5.41) is 6.97. The van der Waals surface area contributed by atoms with Crippen LogP contribution in [0.3, 0.4) is 0 Å². The number of guanidine groups is 1. The van der Waals surface area contributed by atoms with Crippen molar-refractivity contribution >= 4 is 17.3 Å². The van der Waals surface area contributed by atoms with E-state index in [1.807, 2.05) is 7.05 Å². The zero-order valence-electron chi connectivity index (χ0n) is 18.3. The molecular weight excluding hydrogens is 358 g/mol. The molecule has 1 aliphatic heterocycles. The molecule has 0 aliphatic carbocycles. The van der Waals surface area contributed by atoms with E-state index >= 15 is 0 Å². The van der Waals surface area contributed by atoms with Gasteiger partial charge in [0.25, 0.3) is 0 Å². The minimum atomic E-state index is 0.197. The first-order chi connectivity index (χ1) is 14.1. The van der Waals surface area contributed by atoms with Crippen LogP contribution in [0.5, 0.6) is 0 Å². The first-order valence-corrected chi connectivity index (χ1v) is 10.6. The number of nitrogens with one attached hydrogen (secondary N) is 2. The minimum absolute atomic E-state index is 0.197. The highest BCUT2D eigenvalue weighted by Crippen LogP contribution is 2.24. The maximum absolute atomic E-state index is 4.40. The smallest absolute Gasteiger partial charge is 0.191 e. The lowest BCUT2D eigenvalue weighted by Crippen LogP contribution is -2.39. The van der Waals surface area contributed by atoms with E-state index in [1.165, 1.54) is 48.4 Å². The summed E-state index contributed by atoms with van der Waals surface area (Å²) in [6.07, 6.45) is 3.56. The van der Waals surface area contributed by atoms with E-state index in [0.717, 1.165) is 18.9 Å². The summed E-state index contributed by atoms with van der Waals surface area (Å²) >= 11 is 0. The highest BCUT2D eigenvalue weighted by Gasteiger charge is 2.14. The lowest BCUT2D eigenvalue weighted by Gasteiger charge is -2.22. The molecule has 1 unspecified atom stereocenters. The Balaban J connectivity index is 1.51. The Morgan fingerprint density at radius 2 is 1.83 bits per heavy atom. The first-order valence-electron chi connectivity index (χ1n) is 10.6. The van der Waals surface area contributed by atoms with Crippen molar-refractivity contribution in [1.82, 2.24) is 10.6 Å². The van der Waals surface area contributed by atoms with Crippen LogP contribution in [0, 0.1) is 0 Å². The van der Waals surface area contributed by atoms with Crippen molar-refractivity contribution in [2.75, 3.05) is 50.6 Å². The predicted molar refractivity (Wildman–Crippen MR) is 125 cm³/mol. The molecule has 0 radical (unpaired) electrons. The maximum atomic E-state index is 4.40. The molecule has 0 saturated carbocycles. The van der Waals surface area contributed by atoms with Gasteiger partial charge in [-0.25, -0.2) is 0 Å². The van der Waals surface area contributed by atoms with E-state index in [0.29, 0.717) is 0 Å². The van der Waals surface area contributed by atoms with Gasteiger partial charge in [0.1, 0.15) is 0 Å². The Morgan fingerprint density at radius 3 is 2.48 bits per heavy atom. The van der Waals surface area contributed by atoms with E-state index in [1.54, 1.807) is 0 Å². The molecule has 29 heavy (non-hydrogen) atoms. The monoisotopic (exact) mass is 393 g/mol. The first kappa shape index (κ1) is 21.0. The average molecular weight is 394 g/mol. The molecule has 0 aromatic heterocycles. The number of rotatable bonds is 7. The van der Waals surface area contributed by atoms with Crippen molar-refractivity contribution in [3.8, 4) is 0 Å². The molecule has 2 aromatic carbocycles. The Labute approximate surface area is 175 Å². The van der Waals surface area contributed by atoms with E-state index in [9.17, 15) is 0 Å². The van der Waals surface area contributed by atoms with Gasteiger partial charge in [-0.2, -0.15) is 0 Å². The van der Waals surface area contributed by atoms with Gasteiger partial charge in [-0.05, 0) is 61.6 Å². The normalized spacial score (nSPS) is 15.3. The van der Waals surface area contributed by atoms with E-state index in [-0.39, 0.29) is 6.04 Å². The van der Waals surface area contributed by atoms with Crippen LogP contribution < -0.4 is 20.4 Å². The van der Waals surface area contributed by atoms with Crippen LogP contribution in [-0.4, -0.2) is 46.7 Å². The zero-order chi connectivity index (χ0) is 20.6. The quantitative estimate of drug-likeness (QED) is 0.554. The average Bonchev–Trinajstić information content (AvgIpc) is 3.28. The van der Waals surface area contributed by atoms with Gasteiger partial charge in [0.2, 0.25) is 0 Å². The standard InChI is InChI=1S/C24H35N5/c1-19(21-8-7-9-23(18-21)29-16-5-6-17-29)27-24(25-2)26-15-14-20-10-12-22(13-11-20)28(3)4/h7-13,18-19H,5-6,14-17H2,1-4H3,(H2,25,26,27). The summed E-state index contributed by atoms with van der Waals surface area (Å²) in [6, 6.07) is 17.8. The molecule has 2 aromatic rings. The Morgan fingerprint density at radius 1 is 1.10 bits per heavy atom. The van der Waals surface area contributed by atoms with Crippen LogP contribution in [0.15, 0.2) is 53.5 Å². The predicted octanol–water partition coefficient (Wildman–Crippen LogP) is 3.82. The van der Waals surface area contributed by atoms with Gasteiger partial charge in [-0.3, -0.25) is 4.99 Å². The van der Waals surface area contributed by atoms with Crippen molar-refractivity contribution in [1.29, 1.82) is 0 Å². The van der Waals surface area contributed by atoms with Crippen LogP contribution in [0.4, 0.5) is 11.4 Å². The largest absolute Gasteiger partial charge is 0.378 e. The van der Waals surface area contributed by atoms with Gasteiger partial charge in [0, 0.05) is 52.2 Å². The van der Waals surface area contributed by atoms with Crippen LogP contribution in [-0.2, 0) is 6.42 Å². The number of hydrogen-bond donors (Lipinski definition) is 2. The molecule has 0 bridgehead atoms. The minimum Gasteiger partial charge on any atom is -0.378 e. The Bertz CT molecular complexity index is 791. The van der Waals surface area contributed by atoms with Crippen molar-refractivity contribution in [2.24, 2.45) is 4.99 Å². The van der Waals surface area contributed by atoms with Gasteiger partial charge in [-0.15, -0.1) is 0 Å². The Kier molecular flexibility index (Phi) is 7.39.